The van der Waals surface area contributed by atoms with Gasteiger partial charge < -0.3 is 5.11 Å². The smallest absolute Gasteiger partial charge is 0.212 e. The van der Waals surface area contributed by atoms with E-state index in [1.54, 1.807) is 13.0 Å². The number of hydrogen-bond acceptors (Lipinski definition) is 1. The van der Waals surface area contributed by atoms with Crippen LogP contribution >= 0.6 is 0 Å². The van der Waals surface area contributed by atoms with Crippen molar-refractivity contribution in [1.82, 2.24) is 0 Å². The third kappa shape index (κ3) is 2.12. The van der Waals surface area contributed by atoms with E-state index in [9.17, 15) is 5.11 Å². The molecule has 2 nitrogen and oxygen atoms in total. The van der Waals surface area contributed by atoms with Crippen molar-refractivity contribution in [2.45, 2.75) is 13.0 Å². The number of rotatable bonds is 2. The number of nitrogens with zero attached hydrogens (tertiary/aromatic N) is 1. The molecule has 2 heteroatoms. The van der Waals surface area contributed by atoms with Gasteiger partial charge in [-0.25, -0.2) is 0 Å². The summed E-state index contributed by atoms with van der Waals surface area (Å²) in [4.78, 5) is 0. The zero-order valence-corrected chi connectivity index (χ0v) is 9.59. The lowest BCUT2D eigenvalue weighted by Crippen LogP contribution is -2.32. The van der Waals surface area contributed by atoms with Gasteiger partial charge in [-0.05, 0) is 25.1 Å². The number of hydrogen-bond donors (Lipinski definition) is 1. The van der Waals surface area contributed by atoms with Gasteiger partial charge in [0, 0.05) is 23.6 Å². The molecule has 0 spiro atoms. The molecule has 0 saturated carbocycles. The second kappa shape index (κ2) is 4.45. The van der Waals surface area contributed by atoms with Crippen LogP contribution in [0.4, 0.5) is 0 Å². The molecule has 0 amide bonds. The third-order valence-electron chi connectivity index (χ3n) is 2.66. The van der Waals surface area contributed by atoms with Crippen molar-refractivity contribution < 1.29 is 9.67 Å². The minimum absolute atomic E-state index is 0.411. The van der Waals surface area contributed by atoms with Crippen LogP contribution < -0.4 is 4.57 Å². The topological polar surface area (TPSA) is 24.1 Å². The molecule has 0 aliphatic carbocycles. The molecule has 1 aromatic carbocycles. The van der Waals surface area contributed by atoms with Crippen LogP contribution in [0, 0.1) is 0 Å². The lowest BCUT2D eigenvalue weighted by Gasteiger charge is -2.00. The molecule has 0 aliphatic rings. The molecule has 1 heterocycles. The van der Waals surface area contributed by atoms with E-state index in [0.29, 0.717) is 0 Å². The van der Waals surface area contributed by atoms with Crippen molar-refractivity contribution in [2.75, 3.05) is 0 Å². The van der Waals surface area contributed by atoms with Crippen molar-refractivity contribution in [3.8, 4) is 0 Å². The summed E-state index contributed by atoms with van der Waals surface area (Å²) < 4.78 is 2.12. The Hall–Kier alpha value is -1.67. The Kier molecular flexibility index (Phi) is 3.02. The van der Waals surface area contributed by atoms with E-state index in [0.717, 1.165) is 5.69 Å². The average Bonchev–Trinajstić information content (AvgIpc) is 2.28. The summed E-state index contributed by atoms with van der Waals surface area (Å²) in [5, 5.41) is 10.4. The summed E-state index contributed by atoms with van der Waals surface area (Å²) in [6, 6.07) is 12.4. The number of aromatic nitrogens is 1. The summed E-state index contributed by atoms with van der Waals surface area (Å²) in [7, 11) is 2.03. The molecule has 2 aromatic rings. The minimum Gasteiger partial charge on any atom is -0.389 e. The van der Waals surface area contributed by atoms with Gasteiger partial charge in [-0.15, -0.1) is 0 Å². The van der Waals surface area contributed by atoms with Crippen LogP contribution in [0.5, 0.6) is 0 Å². The molecule has 0 unspecified atom stereocenters. The van der Waals surface area contributed by atoms with Crippen LogP contribution in [0.3, 0.4) is 0 Å². The fourth-order valence-corrected chi connectivity index (χ4v) is 1.77. The van der Waals surface area contributed by atoms with Gasteiger partial charge in [0.1, 0.15) is 7.05 Å². The maximum Gasteiger partial charge on any atom is 0.212 e. The molecule has 16 heavy (non-hydrogen) atoms. The highest BCUT2D eigenvalue weighted by atomic mass is 16.3. The summed E-state index contributed by atoms with van der Waals surface area (Å²) in [6.45, 7) is 1.75. The van der Waals surface area contributed by atoms with E-state index in [1.807, 2.05) is 25.3 Å². The van der Waals surface area contributed by atoms with E-state index in [4.69, 9.17) is 0 Å². The second-order valence-electron chi connectivity index (χ2n) is 3.98. The first-order valence-electron chi connectivity index (χ1n) is 5.42. The standard InChI is InChI=1S/C14H16NO/c1-11(16)7-9-13-10-8-12-5-3-4-6-14(12)15(13)2/h3-11,16H,1-2H3/q+1/b9-7+/t11-/m1/s1. The molecule has 1 aromatic heterocycles. The van der Waals surface area contributed by atoms with Crippen molar-refractivity contribution in [3.63, 3.8) is 0 Å². The van der Waals surface area contributed by atoms with Crippen LogP contribution in [-0.2, 0) is 7.05 Å². The van der Waals surface area contributed by atoms with Crippen LogP contribution in [-0.4, -0.2) is 11.2 Å². The number of aliphatic hydroxyl groups is 1. The van der Waals surface area contributed by atoms with Crippen molar-refractivity contribution in [2.24, 2.45) is 7.05 Å². The Morgan fingerprint density at radius 1 is 1.19 bits per heavy atom. The fraction of sp³-hybridized carbons (Fsp3) is 0.214. The Morgan fingerprint density at radius 3 is 2.69 bits per heavy atom. The molecule has 0 radical (unpaired) electrons. The molecule has 1 N–H and O–H groups in total. The Balaban J connectivity index is 2.52. The van der Waals surface area contributed by atoms with E-state index in [2.05, 4.69) is 28.8 Å². The fourth-order valence-electron chi connectivity index (χ4n) is 1.77. The molecule has 2 rings (SSSR count). The maximum absolute atomic E-state index is 9.22. The van der Waals surface area contributed by atoms with Gasteiger partial charge in [-0.2, -0.15) is 4.57 Å². The molecular weight excluding hydrogens is 198 g/mol. The first kappa shape index (κ1) is 10.8. The van der Waals surface area contributed by atoms with E-state index < -0.39 is 6.10 Å². The van der Waals surface area contributed by atoms with Crippen LogP contribution in [0.1, 0.15) is 12.6 Å². The van der Waals surface area contributed by atoms with Crippen molar-refractivity contribution in [3.05, 3.63) is 48.2 Å². The predicted octanol–water partition coefficient (Wildman–Crippen LogP) is 2.06. The SMILES string of the molecule is C[C@@H](O)/C=C/c1ccc2ccccc2[n+]1C. The molecule has 1 atom stereocenters. The zero-order chi connectivity index (χ0) is 11.5. The van der Waals surface area contributed by atoms with Gasteiger partial charge in [0.2, 0.25) is 11.2 Å². The Labute approximate surface area is 95.5 Å². The minimum atomic E-state index is -0.411. The van der Waals surface area contributed by atoms with Crippen LogP contribution in [0.25, 0.3) is 17.0 Å². The van der Waals surface area contributed by atoms with E-state index >= 15 is 0 Å². The number of fused-ring (bicyclic) bond motifs is 1. The number of para-hydroxylation sites is 1. The Morgan fingerprint density at radius 2 is 1.94 bits per heavy atom. The first-order chi connectivity index (χ1) is 7.68. The maximum atomic E-state index is 9.22. The average molecular weight is 214 g/mol. The van der Waals surface area contributed by atoms with Gasteiger partial charge in [-0.1, -0.05) is 12.1 Å². The molecule has 0 bridgehead atoms. The summed E-state index contributed by atoms with van der Waals surface area (Å²) >= 11 is 0. The van der Waals surface area contributed by atoms with Gasteiger partial charge >= 0.3 is 0 Å². The van der Waals surface area contributed by atoms with Gasteiger partial charge in [0.25, 0.3) is 0 Å². The third-order valence-corrected chi connectivity index (χ3v) is 2.66. The highest BCUT2D eigenvalue weighted by Gasteiger charge is 2.07. The zero-order valence-electron chi connectivity index (χ0n) is 9.59. The largest absolute Gasteiger partial charge is 0.389 e. The summed E-state index contributed by atoms with van der Waals surface area (Å²) in [6.07, 6.45) is 3.31. The number of pyridine rings is 1. The highest BCUT2D eigenvalue weighted by Crippen LogP contribution is 2.10. The summed E-state index contributed by atoms with van der Waals surface area (Å²) in [5.41, 5.74) is 2.27. The Bertz CT molecular complexity index is 529. The quantitative estimate of drug-likeness (QED) is 0.760. The molecule has 0 fully saturated rings. The predicted molar refractivity (Wildman–Crippen MR) is 65.8 cm³/mol. The number of aliphatic hydroxyl groups excluding tert-OH is 1. The lowest BCUT2D eigenvalue weighted by molar-refractivity contribution is -0.646. The number of benzene rings is 1. The van der Waals surface area contributed by atoms with Gasteiger partial charge in [0.15, 0.2) is 0 Å². The number of aryl methyl sites for hydroxylation is 1. The van der Waals surface area contributed by atoms with Gasteiger partial charge in [0.05, 0.1) is 6.10 Å². The van der Waals surface area contributed by atoms with Crippen molar-refractivity contribution >= 4 is 17.0 Å². The molecule has 0 saturated heterocycles. The molecule has 0 aliphatic heterocycles. The van der Waals surface area contributed by atoms with E-state index in [1.165, 1.54) is 10.9 Å². The van der Waals surface area contributed by atoms with Gasteiger partial charge in [-0.3, -0.25) is 0 Å². The van der Waals surface area contributed by atoms with E-state index in [-0.39, 0.29) is 0 Å². The first-order valence-corrected chi connectivity index (χ1v) is 5.42. The molecular formula is C14H16NO+. The second-order valence-corrected chi connectivity index (χ2v) is 3.98. The highest BCUT2D eigenvalue weighted by molar-refractivity contribution is 5.76. The normalized spacial score (nSPS) is 13.4. The molecule has 82 valence electrons. The van der Waals surface area contributed by atoms with Crippen molar-refractivity contribution in [1.29, 1.82) is 0 Å². The van der Waals surface area contributed by atoms with Crippen LogP contribution in [0.2, 0.25) is 0 Å². The van der Waals surface area contributed by atoms with Crippen LogP contribution in [0.15, 0.2) is 42.5 Å². The summed E-state index contributed by atoms with van der Waals surface area (Å²) in [5.74, 6) is 0. The lowest BCUT2D eigenvalue weighted by atomic mass is 10.2. The monoisotopic (exact) mass is 214 g/mol.